The largest absolute Gasteiger partial charge is 0.484 e. The van der Waals surface area contributed by atoms with E-state index in [0.29, 0.717) is 22.0 Å². The second kappa shape index (κ2) is 10.5. The SMILES string of the molecule is CC1=C(C(=O)N(C)C)C(c2ccc(NC(=O)COc3ccc(Cl)cc3)cc2)N2CCCSC2=N1. The Labute approximate surface area is 208 Å². The molecule has 0 aromatic heterocycles. The number of likely N-dealkylation sites (N-methyl/N-ethyl adjacent to an activating group) is 1. The van der Waals surface area contributed by atoms with Crippen LogP contribution >= 0.6 is 23.4 Å². The number of benzene rings is 2. The van der Waals surface area contributed by atoms with Gasteiger partial charge in [-0.3, -0.25) is 9.59 Å². The molecule has 0 bridgehead atoms. The highest BCUT2D eigenvalue weighted by molar-refractivity contribution is 8.13. The fraction of sp³-hybridized carbons (Fsp3) is 0.320. The number of nitrogens with zero attached hydrogens (tertiary/aromatic N) is 3. The Kier molecular flexibility index (Phi) is 7.48. The van der Waals surface area contributed by atoms with E-state index in [9.17, 15) is 9.59 Å². The van der Waals surface area contributed by atoms with Crippen molar-refractivity contribution in [3.05, 3.63) is 70.4 Å². The van der Waals surface area contributed by atoms with Crippen LogP contribution in [0.25, 0.3) is 0 Å². The van der Waals surface area contributed by atoms with Gasteiger partial charge < -0.3 is 19.9 Å². The summed E-state index contributed by atoms with van der Waals surface area (Å²) in [6.07, 6.45) is 1.03. The molecule has 0 saturated carbocycles. The minimum absolute atomic E-state index is 0.0439. The Hall–Kier alpha value is -2.97. The van der Waals surface area contributed by atoms with Gasteiger partial charge in [0.15, 0.2) is 11.8 Å². The fourth-order valence-corrected chi connectivity index (χ4v) is 5.10. The van der Waals surface area contributed by atoms with Gasteiger partial charge in [-0.05, 0) is 55.3 Å². The van der Waals surface area contributed by atoms with E-state index in [-0.39, 0.29) is 24.5 Å². The Balaban J connectivity index is 1.49. The van der Waals surface area contributed by atoms with E-state index in [2.05, 4.69) is 10.2 Å². The highest BCUT2D eigenvalue weighted by atomic mass is 35.5. The van der Waals surface area contributed by atoms with Crippen molar-refractivity contribution in [3.63, 3.8) is 0 Å². The van der Waals surface area contributed by atoms with E-state index in [1.807, 2.05) is 31.2 Å². The highest BCUT2D eigenvalue weighted by Gasteiger charge is 2.37. The molecule has 0 spiro atoms. The van der Waals surface area contributed by atoms with Crippen LogP contribution in [0.4, 0.5) is 5.69 Å². The van der Waals surface area contributed by atoms with Gasteiger partial charge in [-0.15, -0.1) is 0 Å². The number of fused-ring (bicyclic) bond motifs is 1. The maximum atomic E-state index is 13.1. The molecule has 2 aliphatic rings. The van der Waals surface area contributed by atoms with Crippen LogP contribution < -0.4 is 10.1 Å². The molecule has 1 N–H and O–H groups in total. The van der Waals surface area contributed by atoms with Crippen molar-refractivity contribution in [3.8, 4) is 5.75 Å². The number of hydrogen-bond acceptors (Lipinski definition) is 6. The van der Waals surface area contributed by atoms with Gasteiger partial charge in [-0.25, -0.2) is 4.99 Å². The summed E-state index contributed by atoms with van der Waals surface area (Å²) in [4.78, 5) is 34.0. The third-order valence-corrected chi connectivity index (χ3v) is 6.92. The van der Waals surface area contributed by atoms with Gasteiger partial charge in [0.25, 0.3) is 11.8 Å². The third kappa shape index (κ3) is 5.39. The van der Waals surface area contributed by atoms with Crippen LogP contribution in [0.1, 0.15) is 24.9 Å². The van der Waals surface area contributed by atoms with Crippen LogP contribution in [0.2, 0.25) is 5.02 Å². The van der Waals surface area contributed by atoms with Crippen LogP contribution in [-0.2, 0) is 9.59 Å². The van der Waals surface area contributed by atoms with Crippen molar-refractivity contribution in [2.45, 2.75) is 19.4 Å². The standard InChI is InChI=1S/C25H27ClN4O3S/c1-16-22(24(32)29(2)3)23(30-13-4-14-34-25(30)27-16)17-5-9-19(10-6-17)28-21(31)15-33-20-11-7-18(26)8-12-20/h5-12,23H,4,13-15H2,1-3H3,(H,28,31). The molecule has 2 aliphatic heterocycles. The van der Waals surface area contributed by atoms with Crippen molar-refractivity contribution in [2.24, 2.45) is 4.99 Å². The smallest absolute Gasteiger partial charge is 0.262 e. The molecule has 2 aromatic rings. The summed E-state index contributed by atoms with van der Waals surface area (Å²) in [5.41, 5.74) is 3.08. The van der Waals surface area contributed by atoms with Crippen LogP contribution in [0.5, 0.6) is 5.75 Å². The predicted octanol–water partition coefficient (Wildman–Crippen LogP) is 4.57. The van der Waals surface area contributed by atoms with Crippen LogP contribution in [0.15, 0.2) is 64.8 Å². The number of carbonyl (C=O) groups is 2. The molecule has 4 rings (SSSR count). The number of amides is 2. The molecule has 1 saturated heterocycles. The number of nitrogens with one attached hydrogen (secondary N) is 1. The number of carbonyl (C=O) groups excluding carboxylic acids is 2. The van der Waals surface area contributed by atoms with Gasteiger partial charge in [-0.1, -0.05) is 35.5 Å². The molecule has 9 heteroatoms. The van der Waals surface area contributed by atoms with Crippen molar-refractivity contribution in [1.29, 1.82) is 0 Å². The maximum Gasteiger partial charge on any atom is 0.262 e. The van der Waals surface area contributed by atoms with Crippen molar-refractivity contribution in [1.82, 2.24) is 9.80 Å². The molecular formula is C25H27ClN4O3S. The summed E-state index contributed by atoms with van der Waals surface area (Å²) in [7, 11) is 3.52. The summed E-state index contributed by atoms with van der Waals surface area (Å²) in [5, 5.41) is 4.42. The summed E-state index contributed by atoms with van der Waals surface area (Å²) >= 11 is 7.59. The Morgan fingerprint density at radius 2 is 1.88 bits per heavy atom. The molecule has 0 aliphatic carbocycles. The lowest BCUT2D eigenvalue weighted by atomic mass is 9.93. The molecule has 178 valence electrons. The number of ether oxygens (including phenoxy) is 1. The number of anilines is 1. The number of allylic oxidation sites excluding steroid dienone is 1. The van der Waals surface area contributed by atoms with Gasteiger partial charge in [0.05, 0.1) is 17.3 Å². The molecule has 0 radical (unpaired) electrons. The van der Waals surface area contributed by atoms with Gasteiger partial charge in [0, 0.05) is 37.1 Å². The summed E-state index contributed by atoms with van der Waals surface area (Å²) in [6, 6.07) is 14.3. The molecule has 34 heavy (non-hydrogen) atoms. The minimum atomic E-state index is -0.263. The zero-order valence-corrected chi connectivity index (χ0v) is 20.9. The first-order chi connectivity index (χ1) is 16.3. The lowest BCUT2D eigenvalue weighted by Gasteiger charge is -2.41. The van der Waals surface area contributed by atoms with E-state index in [1.165, 1.54) is 0 Å². The first-order valence-electron chi connectivity index (χ1n) is 11.0. The normalized spacial score (nSPS) is 17.6. The number of thioether (sulfide) groups is 1. The van der Waals surface area contributed by atoms with E-state index < -0.39 is 0 Å². The molecule has 1 fully saturated rings. The molecule has 1 atom stereocenters. The molecule has 1 unspecified atom stereocenters. The van der Waals surface area contributed by atoms with Crippen LogP contribution in [0.3, 0.4) is 0 Å². The fourth-order valence-electron chi connectivity index (χ4n) is 3.96. The first kappa shape index (κ1) is 24.2. The average Bonchev–Trinajstić information content (AvgIpc) is 2.83. The van der Waals surface area contributed by atoms with E-state index in [4.69, 9.17) is 21.3 Å². The summed E-state index contributed by atoms with van der Waals surface area (Å²) in [5.74, 6) is 1.29. The van der Waals surface area contributed by atoms with Gasteiger partial charge in [0.1, 0.15) is 5.75 Å². The zero-order chi connectivity index (χ0) is 24.2. The Morgan fingerprint density at radius 1 is 1.18 bits per heavy atom. The quantitative estimate of drug-likeness (QED) is 0.631. The molecular weight excluding hydrogens is 472 g/mol. The Morgan fingerprint density at radius 3 is 2.56 bits per heavy atom. The predicted molar refractivity (Wildman–Crippen MR) is 137 cm³/mol. The number of amidine groups is 1. The minimum Gasteiger partial charge on any atom is -0.484 e. The zero-order valence-electron chi connectivity index (χ0n) is 19.4. The second-order valence-corrected chi connectivity index (χ2v) is 9.80. The third-order valence-electron chi connectivity index (χ3n) is 5.59. The monoisotopic (exact) mass is 498 g/mol. The molecule has 2 aromatic carbocycles. The average molecular weight is 499 g/mol. The van der Waals surface area contributed by atoms with Crippen LogP contribution in [-0.4, -0.2) is 59.8 Å². The topological polar surface area (TPSA) is 74.2 Å². The molecule has 2 amide bonds. The van der Waals surface area contributed by atoms with Crippen molar-refractivity contribution in [2.75, 3.05) is 38.3 Å². The second-order valence-electron chi connectivity index (χ2n) is 8.30. The van der Waals surface area contributed by atoms with Gasteiger partial charge >= 0.3 is 0 Å². The van der Waals surface area contributed by atoms with Gasteiger partial charge in [-0.2, -0.15) is 0 Å². The number of rotatable bonds is 6. The number of hydrogen-bond donors (Lipinski definition) is 1. The van der Waals surface area contributed by atoms with E-state index >= 15 is 0 Å². The number of aliphatic imine (C=N–C) groups is 1. The Bertz CT molecular complexity index is 1130. The lowest BCUT2D eigenvalue weighted by molar-refractivity contribution is -0.125. The lowest BCUT2D eigenvalue weighted by Crippen LogP contribution is -2.43. The molecule has 2 heterocycles. The highest BCUT2D eigenvalue weighted by Crippen LogP contribution is 2.40. The van der Waals surface area contributed by atoms with E-state index in [1.54, 1.807) is 55.0 Å². The number of halogens is 1. The van der Waals surface area contributed by atoms with Gasteiger partial charge in [0.2, 0.25) is 0 Å². The van der Waals surface area contributed by atoms with Crippen molar-refractivity contribution < 1.29 is 14.3 Å². The summed E-state index contributed by atoms with van der Waals surface area (Å²) < 4.78 is 5.51. The first-order valence-corrected chi connectivity index (χ1v) is 12.4. The summed E-state index contributed by atoms with van der Waals surface area (Å²) in [6.45, 7) is 2.63. The van der Waals surface area contributed by atoms with Crippen molar-refractivity contribution >= 4 is 46.0 Å². The van der Waals surface area contributed by atoms with Crippen LogP contribution in [0, 0.1) is 0 Å². The van der Waals surface area contributed by atoms with E-state index in [0.717, 1.165) is 35.1 Å². The molecule has 7 nitrogen and oxygen atoms in total. The maximum absolute atomic E-state index is 13.1.